The lowest BCUT2D eigenvalue weighted by molar-refractivity contribution is -0.137. The van der Waals surface area contributed by atoms with E-state index >= 15 is 0 Å². The van der Waals surface area contributed by atoms with Gasteiger partial charge in [0.05, 0.1) is 0 Å². The number of carboxylic acid groups (broad SMARTS) is 1. The molecule has 0 saturated carbocycles. The lowest BCUT2D eigenvalue weighted by atomic mass is 9.95. The summed E-state index contributed by atoms with van der Waals surface area (Å²) in [6.45, 7) is 7.73. The highest BCUT2D eigenvalue weighted by Crippen LogP contribution is 2.16. The minimum Gasteiger partial charge on any atom is -0.481 e. The summed E-state index contributed by atoms with van der Waals surface area (Å²) in [5.74, 6) is 5.46. The first kappa shape index (κ1) is 32.6. The molecule has 0 aliphatic heterocycles. The van der Waals surface area contributed by atoms with Gasteiger partial charge in [0, 0.05) is 13.0 Å². The zero-order valence-electron chi connectivity index (χ0n) is 21.6. The Labute approximate surface area is 195 Å². The van der Waals surface area contributed by atoms with Crippen molar-refractivity contribution < 1.29 is 9.90 Å². The Morgan fingerprint density at radius 3 is 1.35 bits per heavy atom. The first-order valence-corrected chi connectivity index (χ1v) is 13.8. The van der Waals surface area contributed by atoms with E-state index in [0.717, 1.165) is 25.3 Å². The second-order valence-electron chi connectivity index (χ2n) is 9.28. The van der Waals surface area contributed by atoms with Crippen LogP contribution < -0.4 is 11.3 Å². The summed E-state index contributed by atoms with van der Waals surface area (Å²) in [7, 11) is 0. The summed E-state index contributed by atoms with van der Waals surface area (Å²) in [6.07, 6.45) is 26.7. The largest absolute Gasteiger partial charge is 0.481 e. The summed E-state index contributed by atoms with van der Waals surface area (Å²) in [5, 5.41) is 8.52. The van der Waals surface area contributed by atoms with Gasteiger partial charge in [0.2, 0.25) is 0 Å². The predicted octanol–water partition coefficient (Wildman–Crippen LogP) is 8.39. The van der Waals surface area contributed by atoms with Crippen LogP contribution in [0.25, 0.3) is 0 Å². The molecule has 4 nitrogen and oxygen atoms in total. The third kappa shape index (κ3) is 31.7. The average molecular weight is 443 g/mol. The maximum absolute atomic E-state index is 10.3. The Kier molecular flexibility index (Phi) is 30.9. The summed E-state index contributed by atoms with van der Waals surface area (Å²) in [4.78, 5) is 10.3. The molecule has 0 aromatic carbocycles. The fourth-order valence-corrected chi connectivity index (χ4v) is 4.18. The van der Waals surface area contributed by atoms with E-state index in [4.69, 9.17) is 10.9 Å². The van der Waals surface area contributed by atoms with E-state index in [1.807, 2.05) is 0 Å². The Bertz CT molecular complexity index is 331. The highest BCUT2D eigenvalue weighted by atomic mass is 16.4. The van der Waals surface area contributed by atoms with Crippen LogP contribution in [0.5, 0.6) is 0 Å². The molecule has 0 saturated heterocycles. The van der Waals surface area contributed by atoms with E-state index in [1.54, 1.807) is 0 Å². The maximum Gasteiger partial charge on any atom is 0.303 e. The van der Waals surface area contributed by atoms with E-state index in [1.165, 1.54) is 116 Å². The van der Waals surface area contributed by atoms with Crippen molar-refractivity contribution in [3.8, 4) is 0 Å². The molecule has 0 fully saturated rings. The fourth-order valence-electron chi connectivity index (χ4n) is 4.18. The molecule has 0 heterocycles. The molecule has 188 valence electrons. The van der Waals surface area contributed by atoms with Crippen molar-refractivity contribution in [3.05, 3.63) is 0 Å². The highest BCUT2D eigenvalue weighted by Gasteiger charge is 2.04. The number of carbonyl (C=O) groups is 1. The number of unbranched alkanes of at least 4 members (excludes halogenated alkanes) is 14. The molecule has 0 aliphatic rings. The normalized spacial score (nSPS) is 10.9. The van der Waals surface area contributed by atoms with Crippen LogP contribution in [-0.4, -0.2) is 17.6 Å². The second-order valence-corrected chi connectivity index (χ2v) is 9.28. The van der Waals surface area contributed by atoms with Crippen LogP contribution in [-0.2, 0) is 4.79 Å². The van der Waals surface area contributed by atoms with E-state index in [2.05, 4.69) is 26.2 Å². The van der Waals surface area contributed by atoms with Crippen LogP contribution in [0.2, 0.25) is 0 Å². The van der Waals surface area contributed by atoms with Gasteiger partial charge >= 0.3 is 5.97 Å². The van der Waals surface area contributed by atoms with Gasteiger partial charge in [-0.15, -0.1) is 0 Å². The number of nitrogens with two attached hydrogens (primary N) is 1. The zero-order chi connectivity index (χ0) is 23.4. The molecule has 0 rings (SSSR count). The third-order valence-electron chi connectivity index (χ3n) is 6.08. The lowest BCUT2D eigenvalue weighted by Gasteiger charge is -2.13. The minimum atomic E-state index is -0.653. The van der Waals surface area contributed by atoms with Crippen LogP contribution >= 0.6 is 0 Å². The van der Waals surface area contributed by atoms with Crippen molar-refractivity contribution in [2.45, 2.75) is 156 Å². The third-order valence-corrected chi connectivity index (χ3v) is 6.08. The first-order valence-electron chi connectivity index (χ1n) is 13.8. The molecule has 31 heavy (non-hydrogen) atoms. The van der Waals surface area contributed by atoms with Crippen molar-refractivity contribution in [1.82, 2.24) is 5.43 Å². The van der Waals surface area contributed by atoms with Crippen LogP contribution in [0.4, 0.5) is 0 Å². The van der Waals surface area contributed by atoms with Crippen molar-refractivity contribution in [2.75, 3.05) is 6.54 Å². The van der Waals surface area contributed by atoms with Crippen LogP contribution in [0, 0.1) is 5.92 Å². The molecule has 0 radical (unpaired) electrons. The summed E-state index contributed by atoms with van der Waals surface area (Å²) in [5.41, 5.74) is 2.71. The number of hydrazine groups is 1. The summed E-state index contributed by atoms with van der Waals surface area (Å²) in [6, 6.07) is 0. The smallest absolute Gasteiger partial charge is 0.303 e. The standard InChI is InChI=1S/C18H36O2.C9H22N2/c1-2-3-4-5-6-7-8-9-10-11-12-13-14-15-16-17-18(19)20;1-3-5-9(6-4-2)7-8-11-10/h2-17H2,1H3,(H,19,20);9,11H,3-8,10H2,1-2H3. The Morgan fingerprint density at radius 1 is 0.645 bits per heavy atom. The molecule has 0 atom stereocenters. The van der Waals surface area contributed by atoms with Crippen molar-refractivity contribution >= 4 is 5.97 Å². The molecule has 4 N–H and O–H groups in total. The topological polar surface area (TPSA) is 75.3 Å². The molecule has 0 aromatic heterocycles. The van der Waals surface area contributed by atoms with Gasteiger partial charge in [-0.25, -0.2) is 0 Å². The van der Waals surface area contributed by atoms with Crippen LogP contribution in [0.15, 0.2) is 0 Å². The monoisotopic (exact) mass is 442 g/mol. The molecular formula is C27H58N2O2. The van der Waals surface area contributed by atoms with Gasteiger partial charge in [-0.2, -0.15) is 0 Å². The minimum absolute atomic E-state index is 0.345. The van der Waals surface area contributed by atoms with Gasteiger partial charge in [-0.05, 0) is 18.8 Å². The molecule has 0 unspecified atom stereocenters. The SMILES string of the molecule is CCCC(CCC)CCNN.CCCCCCCCCCCCCCCCCC(=O)O. The number of hydrogen-bond donors (Lipinski definition) is 3. The van der Waals surface area contributed by atoms with E-state index in [9.17, 15) is 4.79 Å². The Hall–Kier alpha value is -0.610. The lowest BCUT2D eigenvalue weighted by Crippen LogP contribution is -2.24. The highest BCUT2D eigenvalue weighted by molar-refractivity contribution is 5.66. The number of rotatable bonds is 23. The van der Waals surface area contributed by atoms with E-state index in [-0.39, 0.29) is 0 Å². The average Bonchev–Trinajstić information content (AvgIpc) is 2.75. The van der Waals surface area contributed by atoms with E-state index in [0.29, 0.717) is 6.42 Å². The predicted molar refractivity (Wildman–Crippen MR) is 137 cm³/mol. The summed E-state index contributed by atoms with van der Waals surface area (Å²) >= 11 is 0. The number of nitrogens with one attached hydrogen (secondary N) is 1. The number of hydrogen-bond acceptors (Lipinski definition) is 3. The van der Waals surface area contributed by atoms with Gasteiger partial charge in [0.15, 0.2) is 0 Å². The molecule has 0 amide bonds. The van der Waals surface area contributed by atoms with Gasteiger partial charge in [0.1, 0.15) is 0 Å². The van der Waals surface area contributed by atoms with Crippen LogP contribution in [0.1, 0.15) is 156 Å². The van der Waals surface area contributed by atoms with Gasteiger partial charge in [-0.1, -0.05) is 136 Å². The van der Waals surface area contributed by atoms with Crippen molar-refractivity contribution in [1.29, 1.82) is 0 Å². The quantitative estimate of drug-likeness (QED) is 0.0843. The molecule has 4 heteroatoms. The van der Waals surface area contributed by atoms with Crippen molar-refractivity contribution in [2.24, 2.45) is 11.8 Å². The van der Waals surface area contributed by atoms with Crippen LogP contribution in [0.3, 0.4) is 0 Å². The Balaban J connectivity index is 0. The molecule has 0 aliphatic carbocycles. The summed E-state index contributed by atoms with van der Waals surface area (Å²) < 4.78 is 0. The first-order chi connectivity index (χ1) is 15.1. The molecular weight excluding hydrogens is 384 g/mol. The fraction of sp³-hybridized carbons (Fsp3) is 0.963. The van der Waals surface area contributed by atoms with Gasteiger partial charge < -0.3 is 5.11 Å². The Morgan fingerprint density at radius 2 is 1.03 bits per heavy atom. The molecule has 0 spiro atoms. The second kappa shape index (κ2) is 29.4. The number of carboxylic acids is 1. The zero-order valence-corrected chi connectivity index (χ0v) is 21.6. The number of aliphatic carboxylic acids is 1. The molecule has 0 bridgehead atoms. The van der Waals surface area contributed by atoms with Gasteiger partial charge in [-0.3, -0.25) is 16.1 Å². The maximum atomic E-state index is 10.3. The molecule has 0 aromatic rings. The van der Waals surface area contributed by atoms with Crippen molar-refractivity contribution in [3.63, 3.8) is 0 Å². The van der Waals surface area contributed by atoms with E-state index < -0.39 is 5.97 Å². The van der Waals surface area contributed by atoms with Gasteiger partial charge in [0.25, 0.3) is 0 Å².